The first-order valence-corrected chi connectivity index (χ1v) is 22.6. The zero-order valence-corrected chi connectivity index (χ0v) is 37.8. The van der Waals surface area contributed by atoms with Crippen LogP contribution in [-0.4, -0.2) is 157 Å². The number of aromatic nitrogens is 4. The summed E-state index contributed by atoms with van der Waals surface area (Å²) in [6, 6.07) is 10.7. The molecule has 31 heteroatoms. The molecule has 4 aliphatic rings. The molecule has 2 aromatic carbocycles. The molecule has 2 fully saturated rings. The summed E-state index contributed by atoms with van der Waals surface area (Å²) in [5, 5.41) is 46.9. The molecule has 8 rings (SSSR count). The fourth-order valence-electron chi connectivity index (χ4n) is 8.01. The molecule has 4 atom stereocenters. The maximum atomic E-state index is 12.4. The monoisotopic (exact) mass is 1010 g/mol. The number of benzene rings is 2. The van der Waals surface area contributed by atoms with Gasteiger partial charge in [-0.15, -0.1) is 0 Å². The molecule has 0 radical (unpaired) electrons. The molecule has 2 amide bonds. The van der Waals surface area contributed by atoms with Crippen LogP contribution in [0.5, 0.6) is 0 Å². The third-order valence-electron chi connectivity index (χ3n) is 11.3. The molecule has 71 heavy (non-hydrogen) atoms. The highest BCUT2D eigenvalue weighted by Crippen LogP contribution is 2.34. The lowest BCUT2D eigenvalue weighted by Gasteiger charge is -2.31. The van der Waals surface area contributed by atoms with Gasteiger partial charge in [0.25, 0.3) is 22.9 Å². The second-order valence-corrected chi connectivity index (χ2v) is 17.1. The van der Waals surface area contributed by atoms with E-state index in [2.05, 4.69) is 41.2 Å². The summed E-state index contributed by atoms with van der Waals surface area (Å²) in [6.45, 7) is 3.33. The molecule has 6 heterocycles. The van der Waals surface area contributed by atoms with Crippen molar-refractivity contribution in [2.24, 2.45) is 0 Å². The number of carboxylic acid groups (broad SMARTS) is 4. The number of rotatable bonds is 14. The minimum Gasteiger partial charge on any atom is -0.481 e. The standard InChI is InChI=1S/2C20H23N7O6.H2O4S/c2*21-20-24-16-15(18(31)25-20)27-9-26(8-12(27)7-22-16)11-3-1-10(2-4-11)17(30)23-13(19(32)33)5-6-14(28)29;1-5(2,3)4/h2*1-4,12-13H,5-9H2,(H,23,30)(H,28,29)(H,32,33)(H4,21,22,24,25,31);(H2,1,2,3,4)/t2*12?,13-;/m11./s1. The molecular weight excluding hydrogens is 965 g/mol. The van der Waals surface area contributed by atoms with Crippen molar-refractivity contribution >= 4 is 92.4 Å². The van der Waals surface area contributed by atoms with Gasteiger partial charge in [0.05, 0.1) is 25.4 Å². The first-order chi connectivity index (χ1) is 33.4. The lowest BCUT2D eigenvalue weighted by Crippen LogP contribution is -2.44. The maximum Gasteiger partial charge on any atom is 0.394 e. The third-order valence-corrected chi connectivity index (χ3v) is 11.3. The van der Waals surface area contributed by atoms with Crippen molar-refractivity contribution in [2.45, 2.75) is 49.9 Å². The first-order valence-electron chi connectivity index (χ1n) is 21.2. The van der Waals surface area contributed by atoms with Gasteiger partial charge in [-0.3, -0.25) is 47.8 Å². The van der Waals surface area contributed by atoms with Gasteiger partial charge in [-0.25, -0.2) is 9.59 Å². The van der Waals surface area contributed by atoms with E-state index >= 15 is 0 Å². The van der Waals surface area contributed by atoms with Crippen molar-refractivity contribution in [3.8, 4) is 0 Å². The van der Waals surface area contributed by atoms with E-state index in [4.69, 9.17) is 39.2 Å². The summed E-state index contributed by atoms with van der Waals surface area (Å²) >= 11 is 0. The van der Waals surface area contributed by atoms with Crippen LogP contribution in [0.2, 0.25) is 0 Å². The van der Waals surface area contributed by atoms with Crippen LogP contribution in [0.1, 0.15) is 46.4 Å². The van der Waals surface area contributed by atoms with Crippen molar-refractivity contribution in [2.75, 3.05) is 81.2 Å². The quantitative estimate of drug-likeness (QED) is 0.0626. The molecule has 0 saturated carbocycles. The Labute approximate surface area is 400 Å². The van der Waals surface area contributed by atoms with E-state index in [0.29, 0.717) is 62.5 Å². The smallest absolute Gasteiger partial charge is 0.394 e. The number of carboxylic acids is 4. The molecule has 4 aliphatic heterocycles. The van der Waals surface area contributed by atoms with Crippen molar-refractivity contribution in [1.29, 1.82) is 0 Å². The van der Waals surface area contributed by atoms with Gasteiger partial charge < -0.3 is 72.8 Å². The van der Waals surface area contributed by atoms with E-state index in [1.807, 2.05) is 19.6 Å². The molecule has 0 aliphatic carbocycles. The van der Waals surface area contributed by atoms with Crippen LogP contribution in [0.15, 0.2) is 58.1 Å². The Morgan fingerprint density at radius 3 is 1.28 bits per heavy atom. The van der Waals surface area contributed by atoms with Crippen LogP contribution < -0.4 is 63.5 Å². The van der Waals surface area contributed by atoms with E-state index in [0.717, 1.165) is 11.4 Å². The molecule has 2 unspecified atom stereocenters. The Morgan fingerprint density at radius 2 is 0.972 bits per heavy atom. The zero-order valence-electron chi connectivity index (χ0n) is 37.0. The minimum absolute atomic E-state index is 0.0394. The number of hydrogen-bond acceptors (Lipinski definition) is 20. The summed E-state index contributed by atoms with van der Waals surface area (Å²) in [5.41, 5.74) is 13.6. The van der Waals surface area contributed by atoms with Crippen LogP contribution in [0.4, 0.5) is 46.3 Å². The number of aliphatic carboxylic acids is 4. The van der Waals surface area contributed by atoms with Crippen LogP contribution in [0, 0.1) is 0 Å². The molecule has 2 aromatic heterocycles. The molecule has 0 spiro atoms. The number of nitrogens with one attached hydrogen (secondary N) is 6. The van der Waals surface area contributed by atoms with Crippen LogP contribution in [-0.2, 0) is 29.6 Å². The van der Waals surface area contributed by atoms with Crippen LogP contribution in [0.25, 0.3) is 0 Å². The lowest BCUT2D eigenvalue weighted by molar-refractivity contribution is -0.142. The lowest BCUT2D eigenvalue weighted by atomic mass is 10.1. The van der Waals surface area contributed by atoms with Gasteiger partial charge in [0.2, 0.25) is 11.9 Å². The number of amides is 2. The predicted molar refractivity (Wildman–Crippen MR) is 251 cm³/mol. The number of aromatic amines is 2. The number of nitrogen functional groups attached to an aromatic ring is 2. The molecule has 4 aromatic rings. The van der Waals surface area contributed by atoms with Gasteiger partial charge in [0, 0.05) is 61.5 Å². The summed E-state index contributed by atoms with van der Waals surface area (Å²) in [7, 11) is -4.67. The highest BCUT2D eigenvalue weighted by molar-refractivity contribution is 7.79. The molecule has 2 saturated heterocycles. The normalized spacial score (nSPS) is 17.1. The van der Waals surface area contributed by atoms with Gasteiger partial charge in [-0.2, -0.15) is 18.4 Å². The van der Waals surface area contributed by atoms with Crippen molar-refractivity contribution in [3.63, 3.8) is 0 Å². The van der Waals surface area contributed by atoms with Gasteiger partial charge in [0.1, 0.15) is 23.5 Å². The molecule has 380 valence electrons. The van der Waals surface area contributed by atoms with E-state index in [-0.39, 0.29) is 71.9 Å². The average Bonchev–Trinajstić information content (AvgIpc) is 3.93. The van der Waals surface area contributed by atoms with Crippen LogP contribution >= 0.6 is 0 Å². The van der Waals surface area contributed by atoms with E-state index in [1.54, 1.807) is 48.5 Å². The predicted octanol–water partition coefficient (Wildman–Crippen LogP) is -1.70. The Morgan fingerprint density at radius 1 is 0.634 bits per heavy atom. The van der Waals surface area contributed by atoms with Crippen molar-refractivity contribution in [1.82, 2.24) is 30.6 Å². The third kappa shape index (κ3) is 13.3. The molecule has 16 N–H and O–H groups in total. The number of carbonyl (C=O) groups is 6. The van der Waals surface area contributed by atoms with E-state index in [9.17, 15) is 48.6 Å². The minimum atomic E-state index is -4.67. The molecular formula is C40H48N14O16S. The molecule has 30 nitrogen and oxygen atoms in total. The number of nitrogens with two attached hydrogens (primary N) is 2. The Balaban J connectivity index is 0.000000212. The van der Waals surface area contributed by atoms with Gasteiger partial charge in [-0.1, -0.05) is 0 Å². The van der Waals surface area contributed by atoms with E-state index in [1.165, 1.54) is 0 Å². The summed E-state index contributed by atoms with van der Waals surface area (Å²) < 4.78 is 31.6. The number of hydrogen-bond donors (Lipinski definition) is 14. The highest BCUT2D eigenvalue weighted by Gasteiger charge is 2.39. The number of nitrogens with zero attached hydrogens (tertiary/aromatic N) is 6. The summed E-state index contributed by atoms with van der Waals surface area (Å²) in [4.78, 5) is 115. The Hall–Kier alpha value is -8.71. The second-order valence-electron chi connectivity index (χ2n) is 16.2. The fourth-order valence-corrected chi connectivity index (χ4v) is 8.01. The Kier molecular flexibility index (Phi) is 15.8. The van der Waals surface area contributed by atoms with Crippen LogP contribution in [0.3, 0.4) is 0 Å². The first kappa shape index (κ1) is 51.7. The van der Waals surface area contributed by atoms with Crippen molar-refractivity contribution < 1.29 is 66.7 Å². The number of anilines is 8. The van der Waals surface area contributed by atoms with E-state index < -0.39 is 58.2 Å². The van der Waals surface area contributed by atoms with Crippen molar-refractivity contribution in [3.05, 3.63) is 80.4 Å². The zero-order chi connectivity index (χ0) is 51.9. The second kappa shape index (κ2) is 21.7. The largest absolute Gasteiger partial charge is 0.481 e. The van der Waals surface area contributed by atoms with Gasteiger partial charge in [-0.05, 0) is 61.4 Å². The van der Waals surface area contributed by atoms with Gasteiger partial charge in [0.15, 0.2) is 11.6 Å². The summed E-state index contributed by atoms with van der Waals surface area (Å²) in [5.74, 6) is -5.11. The maximum absolute atomic E-state index is 12.4. The highest BCUT2D eigenvalue weighted by atomic mass is 32.3. The SMILES string of the molecule is Nc1nc2c(c(=O)[nH]1)N1CN(c3ccc(C(=O)N[C@H](CCC(=O)O)C(=O)O)cc3)CC1CN2.Nc1nc2c(c(=O)[nH]1)N1CN(c3ccc(C(=O)N[C@H](CCC(=O)O)C(=O)O)cc3)CC1CN2.O=S(=O)(O)O. The average molecular weight is 1010 g/mol. The Bertz CT molecular complexity index is 2730. The number of H-pyrrole nitrogens is 2. The van der Waals surface area contributed by atoms with Gasteiger partial charge >= 0.3 is 34.3 Å². The molecule has 0 bridgehead atoms. The fraction of sp³-hybridized carbons (Fsp3) is 0.350. The number of fused-ring (bicyclic) bond motifs is 6. The topological polar surface area (TPSA) is 463 Å². The summed E-state index contributed by atoms with van der Waals surface area (Å²) in [6.07, 6.45) is -1.17. The number of carbonyl (C=O) groups excluding carboxylic acids is 2.